The van der Waals surface area contributed by atoms with Gasteiger partial charge in [-0.2, -0.15) is 9.57 Å². The number of sulfonamides is 1. The summed E-state index contributed by atoms with van der Waals surface area (Å²) in [7, 11) is -1.51. The van der Waals surface area contributed by atoms with Crippen LogP contribution >= 0.6 is 11.6 Å². The standard InChI is InChI=1S/C11H11ClN2O4S/c1-14(7-11(15)18-2)19(16,17)10-4-3-8(6-13)5-9(10)12/h3-5H,7H2,1-2H3. The van der Waals surface area contributed by atoms with E-state index in [4.69, 9.17) is 16.9 Å². The van der Waals surface area contributed by atoms with Gasteiger partial charge in [-0.05, 0) is 18.2 Å². The summed E-state index contributed by atoms with van der Waals surface area (Å²) in [5.41, 5.74) is 0.250. The Morgan fingerprint density at radius 2 is 2.16 bits per heavy atom. The quantitative estimate of drug-likeness (QED) is 0.774. The lowest BCUT2D eigenvalue weighted by Gasteiger charge is -2.16. The van der Waals surface area contributed by atoms with Crippen LogP contribution in [0.2, 0.25) is 5.02 Å². The van der Waals surface area contributed by atoms with Crippen molar-refractivity contribution >= 4 is 27.6 Å². The van der Waals surface area contributed by atoms with E-state index in [9.17, 15) is 13.2 Å². The Labute approximate surface area is 116 Å². The van der Waals surface area contributed by atoms with E-state index in [0.717, 1.165) is 11.4 Å². The van der Waals surface area contributed by atoms with Crippen LogP contribution in [0.4, 0.5) is 0 Å². The van der Waals surface area contributed by atoms with Crippen LogP contribution in [0, 0.1) is 11.3 Å². The molecule has 1 rings (SSSR count). The molecule has 0 amide bonds. The zero-order chi connectivity index (χ0) is 14.6. The SMILES string of the molecule is COC(=O)CN(C)S(=O)(=O)c1ccc(C#N)cc1Cl. The molecule has 0 heterocycles. The number of hydrogen-bond acceptors (Lipinski definition) is 5. The maximum Gasteiger partial charge on any atom is 0.321 e. The lowest BCUT2D eigenvalue weighted by Crippen LogP contribution is -2.32. The van der Waals surface area contributed by atoms with Crippen molar-refractivity contribution in [3.8, 4) is 6.07 Å². The first-order valence-corrected chi connectivity index (χ1v) is 6.87. The Morgan fingerprint density at radius 3 is 2.63 bits per heavy atom. The summed E-state index contributed by atoms with van der Waals surface area (Å²) in [5.74, 6) is -0.684. The number of carbonyl (C=O) groups excluding carboxylic acids is 1. The molecule has 0 aliphatic rings. The van der Waals surface area contributed by atoms with Crippen LogP contribution in [0.1, 0.15) is 5.56 Å². The van der Waals surface area contributed by atoms with Gasteiger partial charge in [-0.3, -0.25) is 4.79 Å². The van der Waals surface area contributed by atoms with Gasteiger partial charge in [0.25, 0.3) is 0 Å². The van der Waals surface area contributed by atoms with Crippen molar-refractivity contribution in [3.63, 3.8) is 0 Å². The molecule has 0 unspecified atom stereocenters. The van der Waals surface area contributed by atoms with E-state index in [2.05, 4.69) is 4.74 Å². The van der Waals surface area contributed by atoms with Gasteiger partial charge in [0.15, 0.2) is 0 Å². The van der Waals surface area contributed by atoms with Crippen molar-refractivity contribution in [1.82, 2.24) is 4.31 Å². The van der Waals surface area contributed by atoms with E-state index in [1.807, 2.05) is 6.07 Å². The molecule has 0 saturated carbocycles. The number of ether oxygens (including phenoxy) is 1. The summed E-state index contributed by atoms with van der Waals surface area (Å²) >= 11 is 5.83. The third-order valence-electron chi connectivity index (χ3n) is 2.33. The molecular weight excluding hydrogens is 292 g/mol. The summed E-state index contributed by atoms with van der Waals surface area (Å²) in [6.45, 7) is -0.421. The van der Waals surface area contributed by atoms with E-state index >= 15 is 0 Å². The Bertz CT molecular complexity index is 637. The molecule has 8 heteroatoms. The Morgan fingerprint density at radius 1 is 1.53 bits per heavy atom. The highest BCUT2D eigenvalue weighted by Gasteiger charge is 2.25. The van der Waals surface area contributed by atoms with Gasteiger partial charge in [-0.15, -0.1) is 0 Å². The molecule has 0 saturated heterocycles. The van der Waals surface area contributed by atoms with E-state index in [1.165, 1.54) is 25.2 Å². The maximum absolute atomic E-state index is 12.2. The number of nitrogens with zero attached hydrogens (tertiary/aromatic N) is 2. The fraction of sp³-hybridized carbons (Fsp3) is 0.273. The van der Waals surface area contributed by atoms with Gasteiger partial charge in [-0.1, -0.05) is 11.6 Å². The first-order chi connectivity index (χ1) is 8.82. The third kappa shape index (κ3) is 3.44. The van der Waals surface area contributed by atoms with Crippen molar-refractivity contribution in [2.45, 2.75) is 4.90 Å². The molecule has 6 nitrogen and oxygen atoms in total. The largest absolute Gasteiger partial charge is 0.468 e. The van der Waals surface area contributed by atoms with Crippen molar-refractivity contribution in [2.24, 2.45) is 0 Å². The highest BCUT2D eigenvalue weighted by molar-refractivity contribution is 7.89. The second-order valence-electron chi connectivity index (χ2n) is 3.59. The van der Waals surface area contributed by atoms with Crippen LogP contribution in [-0.2, 0) is 19.6 Å². The first kappa shape index (κ1) is 15.4. The summed E-state index contributed by atoms with van der Waals surface area (Å²) < 4.78 is 29.5. The van der Waals surface area contributed by atoms with Crippen molar-refractivity contribution in [2.75, 3.05) is 20.7 Å². The molecule has 19 heavy (non-hydrogen) atoms. The maximum atomic E-state index is 12.2. The average Bonchev–Trinajstić information content (AvgIpc) is 2.37. The number of nitriles is 1. The molecule has 0 radical (unpaired) electrons. The minimum atomic E-state index is -3.91. The van der Waals surface area contributed by atoms with Gasteiger partial charge in [0, 0.05) is 7.05 Å². The first-order valence-electron chi connectivity index (χ1n) is 5.05. The molecule has 0 fully saturated rings. The zero-order valence-electron chi connectivity index (χ0n) is 10.3. The summed E-state index contributed by atoms with van der Waals surface area (Å²) in [6.07, 6.45) is 0. The van der Waals surface area contributed by atoms with Crippen LogP contribution in [0.15, 0.2) is 23.1 Å². The minimum Gasteiger partial charge on any atom is -0.468 e. The number of halogens is 1. The molecule has 0 bridgehead atoms. The Kier molecular flexibility index (Phi) is 4.89. The van der Waals surface area contributed by atoms with Gasteiger partial charge < -0.3 is 4.74 Å². The number of benzene rings is 1. The number of hydrogen-bond donors (Lipinski definition) is 0. The van der Waals surface area contributed by atoms with Gasteiger partial charge in [0.1, 0.15) is 11.4 Å². The second-order valence-corrected chi connectivity index (χ2v) is 6.01. The molecule has 0 atom stereocenters. The fourth-order valence-electron chi connectivity index (χ4n) is 1.28. The molecule has 0 spiro atoms. The van der Waals surface area contributed by atoms with E-state index in [1.54, 1.807) is 0 Å². The molecule has 0 aliphatic carbocycles. The van der Waals surface area contributed by atoms with Gasteiger partial charge in [0.2, 0.25) is 10.0 Å². The molecule has 0 N–H and O–H groups in total. The molecule has 102 valence electrons. The second kappa shape index (κ2) is 6.02. The highest BCUT2D eigenvalue weighted by atomic mass is 35.5. The Balaban J connectivity index is 3.14. The third-order valence-corrected chi connectivity index (χ3v) is 4.61. The lowest BCUT2D eigenvalue weighted by molar-refractivity contribution is -0.140. The zero-order valence-corrected chi connectivity index (χ0v) is 11.8. The van der Waals surface area contributed by atoms with Crippen LogP contribution in [-0.4, -0.2) is 39.4 Å². The number of rotatable bonds is 4. The van der Waals surface area contributed by atoms with E-state index in [-0.39, 0.29) is 15.5 Å². The lowest BCUT2D eigenvalue weighted by atomic mass is 10.2. The molecule has 1 aromatic rings. The number of methoxy groups -OCH3 is 1. The summed E-state index contributed by atoms with van der Waals surface area (Å²) in [6, 6.07) is 5.66. The fourth-order valence-corrected chi connectivity index (χ4v) is 2.91. The monoisotopic (exact) mass is 302 g/mol. The number of carbonyl (C=O) groups is 1. The normalized spacial score (nSPS) is 11.1. The molecular formula is C11H11ClN2O4S. The van der Waals surface area contributed by atoms with Crippen LogP contribution in [0.5, 0.6) is 0 Å². The Hall–Kier alpha value is -1.62. The number of likely N-dealkylation sites (N-methyl/N-ethyl adjacent to an activating group) is 1. The topological polar surface area (TPSA) is 87.5 Å². The average molecular weight is 303 g/mol. The van der Waals surface area contributed by atoms with Crippen molar-refractivity contribution in [3.05, 3.63) is 28.8 Å². The smallest absolute Gasteiger partial charge is 0.321 e. The van der Waals surface area contributed by atoms with Gasteiger partial charge >= 0.3 is 5.97 Å². The predicted molar refractivity (Wildman–Crippen MR) is 68.0 cm³/mol. The summed E-state index contributed by atoms with van der Waals surface area (Å²) in [4.78, 5) is 10.9. The van der Waals surface area contributed by atoms with Crippen molar-refractivity contribution < 1.29 is 17.9 Å². The van der Waals surface area contributed by atoms with Crippen molar-refractivity contribution in [1.29, 1.82) is 5.26 Å². The van der Waals surface area contributed by atoms with E-state index in [0.29, 0.717) is 0 Å². The number of esters is 1. The minimum absolute atomic E-state index is 0.0734. The molecule has 0 aliphatic heterocycles. The molecule has 1 aromatic carbocycles. The summed E-state index contributed by atoms with van der Waals surface area (Å²) in [5, 5.41) is 8.61. The van der Waals surface area contributed by atoms with Crippen LogP contribution in [0.25, 0.3) is 0 Å². The predicted octanol–water partition coefficient (Wildman–Crippen LogP) is 1.01. The van der Waals surface area contributed by atoms with Crippen LogP contribution in [0.3, 0.4) is 0 Å². The van der Waals surface area contributed by atoms with Gasteiger partial charge in [0.05, 0.1) is 23.8 Å². The molecule has 0 aromatic heterocycles. The van der Waals surface area contributed by atoms with Gasteiger partial charge in [-0.25, -0.2) is 8.42 Å². The highest BCUT2D eigenvalue weighted by Crippen LogP contribution is 2.24. The van der Waals surface area contributed by atoms with Crippen LogP contribution < -0.4 is 0 Å². The van der Waals surface area contributed by atoms with E-state index < -0.39 is 22.5 Å².